The van der Waals surface area contributed by atoms with E-state index in [1.54, 1.807) is 56.3 Å². The molecule has 10 nitrogen and oxygen atoms in total. The minimum Gasteiger partial charge on any atom is -0.444 e. The number of carbonyl (C=O) groups excluding carboxylic acids is 3. The number of carbonyl (C=O) groups is 3. The van der Waals surface area contributed by atoms with Crippen molar-refractivity contribution in [2.75, 3.05) is 42.9 Å². The fourth-order valence-corrected chi connectivity index (χ4v) is 4.55. The van der Waals surface area contributed by atoms with Crippen molar-refractivity contribution in [3.8, 4) is 0 Å². The quantitative estimate of drug-likeness (QED) is 0.394. The predicted molar refractivity (Wildman–Crippen MR) is 154 cm³/mol. The summed E-state index contributed by atoms with van der Waals surface area (Å²) in [4.78, 5) is 52.1. The van der Waals surface area contributed by atoms with Crippen molar-refractivity contribution in [1.82, 2.24) is 19.8 Å². The van der Waals surface area contributed by atoms with Crippen LogP contribution in [0.25, 0.3) is 0 Å². The number of anilines is 3. The van der Waals surface area contributed by atoms with Crippen LogP contribution in [0.3, 0.4) is 0 Å². The molecule has 3 amide bonds. The number of piperazine rings is 1. The van der Waals surface area contributed by atoms with Gasteiger partial charge in [-0.15, -0.1) is 0 Å². The summed E-state index contributed by atoms with van der Waals surface area (Å²) in [5, 5.41) is 2.53. The number of nitrogens with one attached hydrogen (secondary N) is 1. The first-order valence-electron chi connectivity index (χ1n) is 13.7. The van der Waals surface area contributed by atoms with E-state index < -0.39 is 35.2 Å². The highest BCUT2D eigenvalue weighted by atomic mass is 19.4. The average molecular weight is 599 g/mol. The lowest BCUT2D eigenvalue weighted by molar-refractivity contribution is -0.137. The number of aromatic nitrogens is 2. The zero-order chi connectivity index (χ0) is 31.4. The molecule has 0 radical (unpaired) electrons. The van der Waals surface area contributed by atoms with Crippen LogP contribution in [0.2, 0.25) is 0 Å². The smallest absolute Gasteiger partial charge is 0.416 e. The maximum Gasteiger partial charge on any atom is 0.416 e. The van der Waals surface area contributed by atoms with Crippen LogP contribution in [0.15, 0.2) is 61.1 Å². The number of rotatable bonds is 6. The molecule has 228 valence electrons. The van der Waals surface area contributed by atoms with E-state index in [1.165, 1.54) is 28.1 Å². The van der Waals surface area contributed by atoms with E-state index in [0.29, 0.717) is 12.4 Å². The van der Waals surface area contributed by atoms with E-state index in [1.807, 2.05) is 6.92 Å². The highest BCUT2D eigenvalue weighted by Crippen LogP contribution is 2.33. The molecule has 13 heteroatoms. The van der Waals surface area contributed by atoms with Crippen LogP contribution < -0.4 is 10.2 Å². The Labute approximate surface area is 247 Å². The Balaban J connectivity index is 1.57. The first-order valence-corrected chi connectivity index (χ1v) is 13.7. The Kier molecular flexibility index (Phi) is 9.22. The molecule has 0 aliphatic carbocycles. The molecule has 2 aromatic heterocycles. The molecule has 0 atom stereocenters. The average Bonchev–Trinajstić information content (AvgIpc) is 2.96. The normalized spacial score (nSPS) is 13.8. The van der Waals surface area contributed by atoms with Crippen LogP contribution in [0.1, 0.15) is 54.0 Å². The summed E-state index contributed by atoms with van der Waals surface area (Å²) in [5.41, 5.74) is -1.35. The summed E-state index contributed by atoms with van der Waals surface area (Å²) < 4.78 is 47.0. The first kappa shape index (κ1) is 31.3. The lowest BCUT2D eigenvalue weighted by atomic mass is 10.1. The number of alkyl halides is 3. The van der Waals surface area contributed by atoms with E-state index in [0.717, 1.165) is 17.8 Å². The van der Waals surface area contributed by atoms with Crippen molar-refractivity contribution in [3.63, 3.8) is 0 Å². The summed E-state index contributed by atoms with van der Waals surface area (Å²) in [7, 11) is 0. The van der Waals surface area contributed by atoms with Gasteiger partial charge < -0.3 is 24.8 Å². The fraction of sp³-hybridized carbons (Fsp3) is 0.367. The van der Waals surface area contributed by atoms with Crippen molar-refractivity contribution in [3.05, 3.63) is 77.7 Å². The Morgan fingerprint density at radius 2 is 1.60 bits per heavy atom. The molecule has 1 N–H and O–H groups in total. The number of hydrogen-bond acceptors (Lipinski definition) is 7. The second-order valence-electron chi connectivity index (χ2n) is 10.8. The van der Waals surface area contributed by atoms with Crippen molar-refractivity contribution >= 4 is 35.1 Å². The number of pyridine rings is 2. The van der Waals surface area contributed by atoms with Crippen LogP contribution in [-0.2, 0) is 10.9 Å². The van der Waals surface area contributed by atoms with Gasteiger partial charge in [0.15, 0.2) is 0 Å². The highest BCUT2D eigenvalue weighted by Gasteiger charge is 2.34. The summed E-state index contributed by atoms with van der Waals surface area (Å²) in [6.07, 6.45) is -0.590. The number of hydrogen-bond donors (Lipinski definition) is 1. The molecule has 0 unspecified atom stereocenters. The third kappa shape index (κ3) is 7.79. The molecular weight excluding hydrogens is 565 g/mol. The van der Waals surface area contributed by atoms with Crippen LogP contribution >= 0.6 is 0 Å². The SMILES string of the molecule is CCN(c1ccncc1)c1ncccc1C(=O)Nc1cc(C(=O)N2CCN(C(=O)OC(C)(C)C)CC2)cc(C(F)(F)F)c1. The van der Waals surface area contributed by atoms with Gasteiger partial charge in [-0.25, -0.2) is 9.78 Å². The van der Waals surface area contributed by atoms with E-state index in [4.69, 9.17) is 4.74 Å². The van der Waals surface area contributed by atoms with Crippen molar-refractivity contribution in [2.45, 2.75) is 39.5 Å². The largest absolute Gasteiger partial charge is 0.444 e. The monoisotopic (exact) mass is 598 g/mol. The number of amides is 3. The van der Waals surface area contributed by atoms with Gasteiger partial charge in [-0.1, -0.05) is 0 Å². The zero-order valence-electron chi connectivity index (χ0n) is 24.3. The lowest BCUT2D eigenvalue weighted by Crippen LogP contribution is -2.51. The van der Waals surface area contributed by atoms with Gasteiger partial charge in [0, 0.05) is 68.3 Å². The summed E-state index contributed by atoms with van der Waals surface area (Å²) in [6.45, 7) is 8.09. The molecule has 43 heavy (non-hydrogen) atoms. The molecule has 0 spiro atoms. The molecule has 1 aromatic carbocycles. The fourth-order valence-electron chi connectivity index (χ4n) is 4.55. The second kappa shape index (κ2) is 12.7. The van der Waals surface area contributed by atoms with Gasteiger partial charge in [0.1, 0.15) is 11.4 Å². The Morgan fingerprint density at radius 3 is 2.21 bits per heavy atom. The van der Waals surface area contributed by atoms with E-state index >= 15 is 0 Å². The lowest BCUT2D eigenvalue weighted by Gasteiger charge is -2.35. The number of halogens is 3. The molecule has 4 rings (SSSR count). The Hall–Kier alpha value is -4.68. The number of ether oxygens (including phenoxy) is 1. The zero-order valence-corrected chi connectivity index (χ0v) is 24.3. The Morgan fingerprint density at radius 1 is 0.953 bits per heavy atom. The second-order valence-corrected chi connectivity index (χ2v) is 10.8. The van der Waals surface area contributed by atoms with E-state index in [-0.39, 0.29) is 43.0 Å². The molecule has 1 saturated heterocycles. The van der Waals surface area contributed by atoms with Crippen LogP contribution in [0.4, 0.5) is 35.2 Å². The summed E-state index contributed by atoms with van der Waals surface area (Å²) in [6, 6.07) is 9.33. The third-order valence-corrected chi connectivity index (χ3v) is 6.56. The third-order valence-electron chi connectivity index (χ3n) is 6.56. The topological polar surface area (TPSA) is 108 Å². The van der Waals surface area contributed by atoms with Gasteiger partial charge in [-0.2, -0.15) is 13.2 Å². The van der Waals surface area contributed by atoms with Crippen LogP contribution in [-0.4, -0.2) is 76.0 Å². The van der Waals surface area contributed by atoms with Gasteiger partial charge in [0.25, 0.3) is 11.8 Å². The van der Waals surface area contributed by atoms with Gasteiger partial charge in [0.05, 0.1) is 11.1 Å². The number of nitrogens with zero attached hydrogens (tertiary/aromatic N) is 5. The molecule has 3 aromatic rings. The summed E-state index contributed by atoms with van der Waals surface area (Å²) >= 11 is 0. The predicted octanol–water partition coefficient (Wildman–Crippen LogP) is 5.60. The maximum absolute atomic E-state index is 13.9. The molecule has 3 heterocycles. The van der Waals surface area contributed by atoms with Gasteiger partial charge in [-0.05, 0) is 70.2 Å². The molecule has 0 saturated carbocycles. The molecule has 1 fully saturated rings. The standard InChI is InChI=1S/C30H33F3N6O4/c1-5-39(23-8-11-34-12-9-23)25-24(7-6-10-35-25)26(40)36-22-18-20(17-21(19-22)30(31,32)33)27(41)37-13-15-38(16-14-37)28(42)43-29(2,3)4/h6-12,17-19H,5,13-16H2,1-4H3,(H,36,40). The van der Waals surface area contributed by atoms with Crippen molar-refractivity contribution < 1.29 is 32.3 Å². The van der Waals surface area contributed by atoms with Crippen LogP contribution in [0, 0.1) is 0 Å². The highest BCUT2D eigenvalue weighted by molar-refractivity contribution is 6.08. The Bertz CT molecular complexity index is 1470. The molecular formula is C30H33F3N6O4. The summed E-state index contributed by atoms with van der Waals surface area (Å²) in [5.74, 6) is -1.04. The van der Waals surface area contributed by atoms with Gasteiger partial charge in [-0.3, -0.25) is 14.6 Å². The van der Waals surface area contributed by atoms with Crippen molar-refractivity contribution in [2.24, 2.45) is 0 Å². The molecule has 1 aliphatic heterocycles. The minimum absolute atomic E-state index is 0.108. The van der Waals surface area contributed by atoms with E-state index in [9.17, 15) is 27.6 Å². The number of benzene rings is 1. The van der Waals surface area contributed by atoms with Crippen LogP contribution in [0.5, 0.6) is 0 Å². The minimum atomic E-state index is -4.77. The maximum atomic E-state index is 13.9. The van der Waals surface area contributed by atoms with Gasteiger partial charge in [0.2, 0.25) is 0 Å². The van der Waals surface area contributed by atoms with Crippen molar-refractivity contribution in [1.29, 1.82) is 0 Å². The van der Waals surface area contributed by atoms with E-state index in [2.05, 4.69) is 15.3 Å². The van der Waals surface area contributed by atoms with Gasteiger partial charge >= 0.3 is 12.3 Å². The first-order chi connectivity index (χ1) is 20.3. The molecule has 1 aliphatic rings. The molecule has 0 bridgehead atoms.